The zero-order valence-electron chi connectivity index (χ0n) is 17.5. The molecule has 0 aliphatic carbocycles. The summed E-state index contributed by atoms with van der Waals surface area (Å²) < 4.78 is 37.9. The van der Waals surface area contributed by atoms with Crippen LogP contribution in [0.25, 0.3) is 11.5 Å². The fraction of sp³-hybridized carbons (Fsp3) is 0.273. The Morgan fingerprint density at radius 3 is 2.45 bits per heavy atom. The lowest BCUT2D eigenvalue weighted by molar-refractivity contribution is 0.0466. The zero-order chi connectivity index (χ0) is 22.6. The van der Waals surface area contributed by atoms with Gasteiger partial charge in [-0.15, -0.1) is 0 Å². The van der Waals surface area contributed by atoms with Gasteiger partial charge in [0.05, 0.1) is 10.6 Å². The van der Waals surface area contributed by atoms with Gasteiger partial charge >= 0.3 is 5.97 Å². The Hall–Kier alpha value is -2.68. The average molecular weight is 463 g/mol. The van der Waals surface area contributed by atoms with E-state index in [-0.39, 0.29) is 22.1 Å². The number of carbonyl (C=O) groups excluding carboxylic acids is 1. The molecule has 3 aromatic rings. The second kappa shape index (κ2) is 9.64. The molecule has 7 nitrogen and oxygen atoms in total. The second-order valence-electron chi connectivity index (χ2n) is 6.70. The van der Waals surface area contributed by atoms with Crippen LogP contribution >= 0.6 is 11.6 Å². The summed E-state index contributed by atoms with van der Waals surface area (Å²) in [6.45, 7) is 5.67. The van der Waals surface area contributed by atoms with Gasteiger partial charge in [-0.3, -0.25) is 0 Å². The number of hydrogen-bond donors (Lipinski definition) is 0. The molecule has 0 aliphatic rings. The Morgan fingerprint density at radius 1 is 1.13 bits per heavy atom. The summed E-state index contributed by atoms with van der Waals surface area (Å²) in [5, 5.41) is 0.0447. The number of nitrogens with zero attached hydrogens (tertiary/aromatic N) is 2. The van der Waals surface area contributed by atoms with Crippen LogP contribution in [0.5, 0.6) is 0 Å². The van der Waals surface area contributed by atoms with Crippen LogP contribution in [0.3, 0.4) is 0 Å². The minimum absolute atomic E-state index is 0.0447. The molecule has 0 amide bonds. The first kappa shape index (κ1) is 23.0. The largest absolute Gasteiger partial charge is 0.455 e. The zero-order valence-corrected chi connectivity index (χ0v) is 19.0. The molecule has 31 heavy (non-hydrogen) atoms. The third-order valence-electron chi connectivity index (χ3n) is 4.74. The van der Waals surface area contributed by atoms with Gasteiger partial charge in [0.1, 0.15) is 23.0 Å². The Kier molecular flexibility index (Phi) is 7.15. The molecule has 2 aromatic carbocycles. The fourth-order valence-electron chi connectivity index (χ4n) is 3.01. The predicted octanol–water partition coefficient (Wildman–Crippen LogP) is 4.69. The summed E-state index contributed by atoms with van der Waals surface area (Å²) in [5.41, 5.74) is 1.38. The molecule has 3 rings (SSSR count). The first-order chi connectivity index (χ1) is 14.8. The summed E-state index contributed by atoms with van der Waals surface area (Å²) >= 11 is 6.12. The van der Waals surface area contributed by atoms with Crippen molar-refractivity contribution in [3.63, 3.8) is 0 Å². The van der Waals surface area contributed by atoms with E-state index >= 15 is 0 Å². The topological polar surface area (TPSA) is 89.7 Å². The number of rotatable bonds is 8. The number of halogens is 1. The van der Waals surface area contributed by atoms with Crippen molar-refractivity contribution in [2.24, 2.45) is 0 Å². The number of esters is 1. The van der Waals surface area contributed by atoms with Crippen molar-refractivity contribution in [2.45, 2.75) is 32.3 Å². The normalized spacial score (nSPS) is 11.6. The molecule has 9 heteroatoms. The molecule has 0 atom stereocenters. The number of carbonyl (C=O) groups is 1. The summed E-state index contributed by atoms with van der Waals surface area (Å²) in [6, 6.07) is 13.4. The second-order valence-corrected chi connectivity index (χ2v) is 9.01. The van der Waals surface area contributed by atoms with Crippen molar-refractivity contribution in [1.29, 1.82) is 0 Å². The van der Waals surface area contributed by atoms with Crippen LogP contribution in [-0.2, 0) is 21.4 Å². The smallest absolute Gasteiger partial charge is 0.338 e. The Balaban J connectivity index is 1.78. The van der Waals surface area contributed by atoms with Crippen LogP contribution < -0.4 is 0 Å². The molecule has 0 saturated heterocycles. The minimum atomic E-state index is -3.82. The Morgan fingerprint density at radius 2 is 1.81 bits per heavy atom. The number of aromatic nitrogens is 1. The highest BCUT2D eigenvalue weighted by atomic mass is 35.5. The number of ether oxygens (including phenoxy) is 1. The molecule has 0 spiro atoms. The SMILES string of the molecule is CCN(CC)S(=O)(=O)c1cc(C(=O)OCc2nc(-c3ccccc3)oc2C)ccc1Cl. The van der Waals surface area contributed by atoms with E-state index in [4.69, 9.17) is 20.8 Å². The van der Waals surface area contributed by atoms with Crippen LogP contribution in [-0.4, -0.2) is 36.8 Å². The number of sulfonamides is 1. The van der Waals surface area contributed by atoms with Gasteiger partial charge in [0.25, 0.3) is 0 Å². The van der Waals surface area contributed by atoms with E-state index in [0.717, 1.165) is 5.56 Å². The lowest BCUT2D eigenvalue weighted by Crippen LogP contribution is -2.31. The van der Waals surface area contributed by atoms with Crippen molar-refractivity contribution in [3.8, 4) is 11.5 Å². The van der Waals surface area contributed by atoms with Gasteiger partial charge in [0.2, 0.25) is 15.9 Å². The molecule has 0 aliphatic heterocycles. The summed E-state index contributed by atoms with van der Waals surface area (Å²) in [4.78, 5) is 16.8. The maximum atomic E-state index is 12.8. The molecule has 0 radical (unpaired) electrons. The number of oxazole rings is 1. The molecular weight excluding hydrogens is 440 g/mol. The van der Waals surface area contributed by atoms with E-state index in [9.17, 15) is 13.2 Å². The first-order valence-corrected chi connectivity index (χ1v) is 11.6. The van der Waals surface area contributed by atoms with E-state index < -0.39 is 16.0 Å². The highest BCUT2D eigenvalue weighted by molar-refractivity contribution is 7.89. The van der Waals surface area contributed by atoms with Gasteiger partial charge in [-0.25, -0.2) is 18.2 Å². The molecule has 0 fully saturated rings. The van der Waals surface area contributed by atoms with Crippen molar-refractivity contribution in [2.75, 3.05) is 13.1 Å². The maximum absolute atomic E-state index is 12.8. The molecule has 1 aromatic heterocycles. The molecular formula is C22H23ClN2O5S. The van der Waals surface area contributed by atoms with Gasteiger partial charge in [-0.05, 0) is 37.3 Å². The predicted molar refractivity (Wildman–Crippen MR) is 117 cm³/mol. The van der Waals surface area contributed by atoms with Gasteiger partial charge in [-0.1, -0.05) is 43.6 Å². The maximum Gasteiger partial charge on any atom is 0.338 e. The molecule has 164 valence electrons. The summed E-state index contributed by atoms with van der Waals surface area (Å²) in [7, 11) is -3.82. The molecule has 0 saturated carbocycles. The van der Waals surface area contributed by atoms with Crippen LogP contribution in [0.4, 0.5) is 0 Å². The van der Waals surface area contributed by atoms with Crippen molar-refractivity contribution < 1.29 is 22.4 Å². The number of hydrogen-bond acceptors (Lipinski definition) is 6. The van der Waals surface area contributed by atoms with Crippen molar-refractivity contribution in [1.82, 2.24) is 9.29 Å². The van der Waals surface area contributed by atoms with Crippen molar-refractivity contribution >= 4 is 27.6 Å². The molecule has 0 bridgehead atoms. The van der Waals surface area contributed by atoms with E-state index in [1.54, 1.807) is 20.8 Å². The monoisotopic (exact) mass is 462 g/mol. The Labute approximate surface area is 186 Å². The quantitative estimate of drug-likeness (QED) is 0.451. The van der Waals surface area contributed by atoms with E-state index in [0.29, 0.717) is 30.4 Å². The van der Waals surface area contributed by atoms with E-state index in [2.05, 4.69) is 4.98 Å². The van der Waals surface area contributed by atoms with Crippen LogP contribution in [0.2, 0.25) is 5.02 Å². The van der Waals surface area contributed by atoms with Gasteiger partial charge in [0, 0.05) is 18.7 Å². The highest BCUT2D eigenvalue weighted by Gasteiger charge is 2.26. The number of aryl methyl sites for hydroxylation is 1. The summed E-state index contributed by atoms with van der Waals surface area (Å²) in [6.07, 6.45) is 0. The number of benzene rings is 2. The Bertz CT molecular complexity index is 1170. The molecule has 0 N–H and O–H groups in total. The first-order valence-electron chi connectivity index (χ1n) is 9.76. The average Bonchev–Trinajstić information content (AvgIpc) is 3.14. The van der Waals surface area contributed by atoms with E-state index in [1.807, 2.05) is 30.3 Å². The standard InChI is InChI=1S/C22H23ClN2O5S/c1-4-25(5-2)31(27,28)20-13-17(11-12-18(20)23)22(26)29-14-19-15(3)30-21(24-19)16-9-7-6-8-10-16/h6-13H,4-5,14H2,1-3H3. The minimum Gasteiger partial charge on any atom is -0.455 e. The van der Waals surface area contributed by atoms with Crippen LogP contribution in [0, 0.1) is 6.92 Å². The van der Waals surface area contributed by atoms with Crippen LogP contribution in [0.15, 0.2) is 57.8 Å². The molecule has 0 unspecified atom stereocenters. The van der Waals surface area contributed by atoms with Crippen molar-refractivity contribution in [3.05, 3.63) is 70.6 Å². The molecule has 1 heterocycles. The van der Waals surface area contributed by atoms with E-state index in [1.165, 1.54) is 22.5 Å². The summed E-state index contributed by atoms with van der Waals surface area (Å²) in [5.74, 6) is 0.284. The highest BCUT2D eigenvalue weighted by Crippen LogP contribution is 2.27. The fourth-order valence-corrected chi connectivity index (χ4v) is 4.97. The lowest BCUT2D eigenvalue weighted by Gasteiger charge is -2.19. The van der Waals surface area contributed by atoms with Gasteiger partial charge < -0.3 is 9.15 Å². The van der Waals surface area contributed by atoms with Gasteiger partial charge in [0.15, 0.2) is 0 Å². The third-order valence-corrected chi connectivity index (χ3v) is 7.27. The third kappa shape index (κ3) is 4.98. The van der Waals surface area contributed by atoms with Gasteiger partial charge in [-0.2, -0.15) is 4.31 Å². The van der Waals surface area contributed by atoms with Crippen LogP contribution in [0.1, 0.15) is 35.7 Å². The lowest BCUT2D eigenvalue weighted by atomic mass is 10.2.